The van der Waals surface area contributed by atoms with Crippen LogP contribution in [0.3, 0.4) is 0 Å². The minimum absolute atomic E-state index is 0.184. The van der Waals surface area contributed by atoms with Crippen molar-refractivity contribution < 1.29 is 9.90 Å². The summed E-state index contributed by atoms with van der Waals surface area (Å²) in [4.78, 5) is 23.0. The maximum absolute atomic E-state index is 12.2. The smallest absolute Gasteiger partial charge is 0.265 e. The Morgan fingerprint density at radius 1 is 1.52 bits per heavy atom. The zero-order valence-electron chi connectivity index (χ0n) is 12.8. The number of aliphatic hydroxyl groups is 1. The molecule has 0 radical (unpaired) electrons. The van der Waals surface area contributed by atoms with Crippen LogP contribution in [0.15, 0.2) is 18.6 Å². The van der Waals surface area contributed by atoms with Crippen LogP contribution >= 0.6 is 11.5 Å². The number of carbonyl (C=O) groups is 1. The van der Waals surface area contributed by atoms with Crippen LogP contribution in [0.2, 0.25) is 0 Å². The fourth-order valence-electron chi connectivity index (χ4n) is 2.59. The second-order valence-electron chi connectivity index (χ2n) is 5.54. The second kappa shape index (κ2) is 6.55. The lowest BCUT2D eigenvalue weighted by Gasteiger charge is -2.23. The van der Waals surface area contributed by atoms with Gasteiger partial charge in [-0.3, -0.25) is 9.78 Å². The number of anilines is 1. The SMILES string of the molecule is CCc1nnsc1C(=O)NC[C@@]1(O)CCN(c2cnccn2)C1. The molecule has 1 saturated heterocycles. The van der Waals surface area contributed by atoms with E-state index in [1.807, 2.05) is 11.8 Å². The van der Waals surface area contributed by atoms with Gasteiger partial charge in [-0.1, -0.05) is 11.4 Å². The summed E-state index contributed by atoms with van der Waals surface area (Å²) in [6.45, 7) is 3.20. The summed E-state index contributed by atoms with van der Waals surface area (Å²) < 4.78 is 3.81. The average molecular weight is 334 g/mol. The van der Waals surface area contributed by atoms with Crippen LogP contribution in [0.5, 0.6) is 0 Å². The van der Waals surface area contributed by atoms with Crippen molar-refractivity contribution in [2.75, 3.05) is 24.5 Å². The summed E-state index contributed by atoms with van der Waals surface area (Å²) in [6.07, 6.45) is 6.12. The number of aryl methyl sites for hydroxylation is 1. The van der Waals surface area contributed by atoms with Gasteiger partial charge in [-0.15, -0.1) is 5.10 Å². The number of aromatic nitrogens is 4. The van der Waals surface area contributed by atoms with Gasteiger partial charge in [-0.05, 0) is 24.4 Å². The van der Waals surface area contributed by atoms with Gasteiger partial charge in [0.2, 0.25) is 0 Å². The van der Waals surface area contributed by atoms with Gasteiger partial charge < -0.3 is 15.3 Å². The van der Waals surface area contributed by atoms with E-state index < -0.39 is 5.60 Å². The number of hydrogen-bond acceptors (Lipinski definition) is 8. The summed E-state index contributed by atoms with van der Waals surface area (Å²) in [5.41, 5.74) is -0.287. The van der Waals surface area contributed by atoms with Gasteiger partial charge in [0.25, 0.3) is 5.91 Å². The molecule has 122 valence electrons. The molecule has 9 heteroatoms. The lowest BCUT2D eigenvalue weighted by atomic mass is 10.0. The van der Waals surface area contributed by atoms with Crippen LogP contribution in [0, 0.1) is 0 Å². The first kappa shape index (κ1) is 15.8. The van der Waals surface area contributed by atoms with Crippen LogP contribution in [-0.2, 0) is 6.42 Å². The summed E-state index contributed by atoms with van der Waals surface area (Å²) in [7, 11) is 0. The third-order valence-electron chi connectivity index (χ3n) is 3.88. The minimum atomic E-state index is -0.975. The number of nitrogens with zero attached hydrogens (tertiary/aromatic N) is 5. The van der Waals surface area contributed by atoms with Crippen molar-refractivity contribution in [2.45, 2.75) is 25.4 Å². The van der Waals surface area contributed by atoms with Crippen LogP contribution in [0.1, 0.15) is 28.7 Å². The molecule has 0 unspecified atom stereocenters. The van der Waals surface area contributed by atoms with Crippen LogP contribution in [0.25, 0.3) is 0 Å². The predicted octanol–water partition coefficient (Wildman–Crippen LogP) is 0.262. The molecule has 8 nitrogen and oxygen atoms in total. The lowest BCUT2D eigenvalue weighted by Crippen LogP contribution is -2.45. The van der Waals surface area contributed by atoms with Crippen molar-refractivity contribution in [3.05, 3.63) is 29.2 Å². The fraction of sp³-hybridized carbons (Fsp3) is 0.500. The Balaban J connectivity index is 1.59. The van der Waals surface area contributed by atoms with E-state index in [0.29, 0.717) is 36.5 Å². The number of β-amino-alcohol motifs (C(OH)–C–C–N with tert-alkyl or cyclic N) is 1. The number of rotatable bonds is 5. The number of hydrogen-bond donors (Lipinski definition) is 2. The highest BCUT2D eigenvalue weighted by molar-refractivity contribution is 7.08. The highest BCUT2D eigenvalue weighted by Crippen LogP contribution is 2.24. The van der Waals surface area contributed by atoms with E-state index in [-0.39, 0.29) is 12.5 Å². The summed E-state index contributed by atoms with van der Waals surface area (Å²) in [6, 6.07) is 0. The molecule has 1 aliphatic rings. The molecule has 23 heavy (non-hydrogen) atoms. The van der Waals surface area contributed by atoms with Crippen molar-refractivity contribution in [2.24, 2.45) is 0 Å². The van der Waals surface area contributed by atoms with E-state index in [1.165, 1.54) is 0 Å². The monoisotopic (exact) mass is 334 g/mol. The molecule has 0 aliphatic carbocycles. The van der Waals surface area contributed by atoms with Gasteiger partial charge in [0.05, 0.1) is 11.9 Å². The Morgan fingerprint density at radius 2 is 2.39 bits per heavy atom. The molecule has 0 aromatic carbocycles. The van der Waals surface area contributed by atoms with Gasteiger partial charge in [0, 0.05) is 32.0 Å². The van der Waals surface area contributed by atoms with E-state index in [9.17, 15) is 9.90 Å². The third-order valence-corrected chi connectivity index (χ3v) is 4.65. The summed E-state index contributed by atoms with van der Waals surface area (Å²) in [5, 5.41) is 17.4. The van der Waals surface area contributed by atoms with Crippen molar-refractivity contribution >= 4 is 23.3 Å². The molecule has 0 spiro atoms. The Kier molecular flexibility index (Phi) is 4.49. The molecule has 2 aromatic heterocycles. The first-order valence-corrected chi connectivity index (χ1v) is 8.21. The Labute approximate surface area is 137 Å². The Hall–Kier alpha value is -2.13. The molecule has 3 heterocycles. The second-order valence-corrected chi connectivity index (χ2v) is 6.30. The molecular formula is C14H18N6O2S. The third kappa shape index (κ3) is 3.45. The van der Waals surface area contributed by atoms with E-state index >= 15 is 0 Å². The standard InChI is InChI=1S/C14H18N6O2S/c1-2-10-12(23-19-18-10)13(21)17-8-14(22)3-6-20(9-14)11-7-15-4-5-16-11/h4-5,7,22H,2-3,6,8-9H2,1H3,(H,17,21)/t14-/m0/s1. The van der Waals surface area contributed by atoms with Gasteiger partial charge in [0.1, 0.15) is 16.3 Å². The number of nitrogens with one attached hydrogen (secondary N) is 1. The maximum atomic E-state index is 12.2. The molecule has 1 amide bonds. The molecular weight excluding hydrogens is 316 g/mol. The van der Waals surface area contributed by atoms with Crippen LogP contribution in [0.4, 0.5) is 5.82 Å². The van der Waals surface area contributed by atoms with Crippen molar-refractivity contribution in [1.82, 2.24) is 24.9 Å². The average Bonchev–Trinajstić information content (AvgIpc) is 3.20. The molecule has 3 rings (SSSR count). The molecule has 1 aliphatic heterocycles. The maximum Gasteiger partial charge on any atom is 0.265 e. The molecule has 2 N–H and O–H groups in total. The van der Waals surface area contributed by atoms with Crippen molar-refractivity contribution in [1.29, 1.82) is 0 Å². The van der Waals surface area contributed by atoms with Crippen LogP contribution in [-0.4, -0.2) is 55.8 Å². The molecule has 1 fully saturated rings. The van der Waals surface area contributed by atoms with E-state index in [0.717, 1.165) is 17.4 Å². The quantitative estimate of drug-likeness (QED) is 0.808. The summed E-state index contributed by atoms with van der Waals surface area (Å²) in [5.74, 6) is 0.498. The number of carbonyl (C=O) groups excluding carboxylic acids is 1. The van der Waals surface area contributed by atoms with Crippen molar-refractivity contribution in [3.8, 4) is 0 Å². The van der Waals surface area contributed by atoms with Crippen LogP contribution < -0.4 is 10.2 Å². The largest absolute Gasteiger partial charge is 0.386 e. The fourth-order valence-corrected chi connectivity index (χ4v) is 3.25. The zero-order valence-corrected chi connectivity index (χ0v) is 13.6. The minimum Gasteiger partial charge on any atom is -0.386 e. The van der Waals surface area contributed by atoms with Gasteiger partial charge in [0.15, 0.2) is 0 Å². The highest BCUT2D eigenvalue weighted by atomic mass is 32.1. The van der Waals surface area contributed by atoms with Gasteiger partial charge >= 0.3 is 0 Å². The molecule has 0 bridgehead atoms. The van der Waals surface area contributed by atoms with Gasteiger partial charge in [-0.25, -0.2) is 4.98 Å². The van der Waals surface area contributed by atoms with Gasteiger partial charge in [-0.2, -0.15) is 0 Å². The topological polar surface area (TPSA) is 104 Å². The highest BCUT2D eigenvalue weighted by Gasteiger charge is 2.37. The predicted molar refractivity (Wildman–Crippen MR) is 85.4 cm³/mol. The first-order valence-electron chi connectivity index (χ1n) is 7.44. The number of amides is 1. The molecule has 0 saturated carbocycles. The van der Waals surface area contributed by atoms with Crippen molar-refractivity contribution in [3.63, 3.8) is 0 Å². The van der Waals surface area contributed by atoms with E-state index in [4.69, 9.17) is 0 Å². The Morgan fingerprint density at radius 3 is 3.13 bits per heavy atom. The first-order chi connectivity index (χ1) is 11.1. The summed E-state index contributed by atoms with van der Waals surface area (Å²) >= 11 is 1.08. The molecule has 1 atom stereocenters. The zero-order chi connectivity index (χ0) is 16.3. The molecule has 2 aromatic rings. The van der Waals surface area contributed by atoms with E-state index in [1.54, 1.807) is 18.6 Å². The Bertz CT molecular complexity index is 679. The lowest BCUT2D eigenvalue weighted by molar-refractivity contribution is 0.0576. The normalized spacial score (nSPS) is 20.7. The van der Waals surface area contributed by atoms with E-state index in [2.05, 4.69) is 24.9 Å².